The Hall–Kier alpha value is -0.900. The molecule has 0 aliphatic rings. The fraction of sp³-hybridized carbons (Fsp3) is 0.500. The summed E-state index contributed by atoms with van der Waals surface area (Å²) in [5.41, 5.74) is 0.855. The second-order valence-corrected chi connectivity index (χ2v) is 3.72. The Bertz CT molecular complexity index is 261. The van der Waals surface area contributed by atoms with E-state index in [4.69, 9.17) is 10.2 Å². The summed E-state index contributed by atoms with van der Waals surface area (Å²) in [6.45, 7) is 0.0528. The van der Waals surface area contributed by atoms with Crippen LogP contribution < -0.4 is 0 Å². The molecule has 0 unspecified atom stereocenters. The molecule has 0 heterocycles. The summed E-state index contributed by atoms with van der Waals surface area (Å²) in [5.74, 6) is -0.0368. The van der Waals surface area contributed by atoms with E-state index >= 15 is 0 Å². The first-order valence-electron chi connectivity index (χ1n) is 5.22. The molecule has 0 fully saturated rings. The molecule has 0 saturated heterocycles. The van der Waals surface area contributed by atoms with Crippen LogP contribution in [0.2, 0.25) is 0 Å². The molecule has 3 N–H and O–H groups in total. The van der Waals surface area contributed by atoms with Crippen LogP contribution >= 0.6 is 0 Å². The van der Waals surface area contributed by atoms with Crippen molar-refractivity contribution in [2.24, 2.45) is 5.92 Å². The van der Waals surface area contributed by atoms with Crippen LogP contribution in [-0.2, 0) is 0 Å². The zero-order valence-corrected chi connectivity index (χ0v) is 8.71. The molecule has 0 radical (unpaired) electrons. The van der Waals surface area contributed by atoms with E-state index in [9.17, 15) is 5.11 Å². The number of aliphatic hydroxyl groups is 3. The first kappa shape index (κ1) is 12.2. The molecule has 0 spiro atoms. The molecule has 1 rings (SSSR count). The normalized spacial score (nSPS) is 14.9. The topological polar surface area (TPSA) is 60.7 Å². The zero-order chi connectivity index (χ0) is 11.1. The SMILES string of the molecule is OCC[C@@H](CO)C[C@@H](O)c1ccccc1. The number of rotatable bonds is 6. The molecular formula is C12H18O3. The average Bonchev–Trinajstić information content (AvgIpc) is 2.29. The van der Waals surface area contributed by atoms with Crippen molar-refractivity contribution in [3.8, 4) is 0 Å². The molecule has 0 aliphatic heterocycles. The second kappa shape index (κ2) is 6.56. The quantitative estimate of drug-likeness (QED) is 0.659. The third kappa shape index (κ3) is 4.00. The Labute approximate surface area is 90.0 Å². The minimum atomic E-state index is -0.560. The van der Waals surface area contributed by atoms with Crippen LogP contribution in [0.15, 0.2) is 30.3 Å². The number of benzene rings is 1. The lowest BCUT2D eigenvalue weighted by atomic mass is 9.95. The third-order valence-corrected chi connectivity index (χ3v) is 2.54. The van der Waals surface area contributed by atoms with Gasteiger partial charge in [0.25, 0.3) is 0 Å². The largest absolute Gasteiger partial charge is 0.396 e. The van der Waals surface area contributed by atoms with E-state index in [1.807, 2.05) is 30.3 Å². The fourth-order valence-electron chi connectivity index (χ4n) is 1.59. The van der Waals surface area contributed by atoms with E-state index in [-0.39, 0.29) is 19.1 Å². The first-order valence-corrected chi connectivity index (χ1v) is 5.22. The monoisotopic (exact) mass is 210 g/mol. The summed E-state index contributed by atoms with van der Waals surface area (Å²) in [5, 5.41) is 27.6. The molecule has 0 saturated carbocycles. The van der Waals surface area contributed by atoms with Gasteiger partial charge in [-0.2, -0.15) is 0 Å². The molecule has 1 aromatic rings. The molecular weight excluding hydrogens is 192 g/mol. The highest BCUT2D eigenvalue weighted by Gasteiger charge is 2.14. The standard InChI is InChI=1S/C12H18O3/c13-7-6-10(9-14)8-12(15)11-4-2-1-3-5-11/h1-5,10,12-15H,6-9H2/t10-,12-/m1/s1. The molecule has 0 aromatic heterocycles. The highest BCUT2D eigenvalue weighted by atomic mass is 16.3. The van der Waals surface area contributed by atoms with Crippen LogP contribution in [0.5, 0.6) is 0 Å². The summed E-state index contributed by atoms with van der Waals surface area (Å²) in [6, 6.07) is 9.36. The van der Waals surface area contributed by atoms with Crippen LogP contribution in [0.3, 0.4) is 0 Å². The summed E-state index contributed by atoms with van der Waals surface area (Å²) >= 11 is 0. The van der Waals surface area contributed by atoms with E-state index in [0.717, 1.165) is 5.56 Å². The highest BCUT2D eigenvalue weighted by molar-refractivity contribution is 5.17. The minimum Gasteiger partial charge on any atom is -0.396 e. The van der Waals surface area contributed by atoms with Gasteiger partial charge in [0, 0.05) is 13.2 Å². The molecule has 1 aromatic carbocycles. The van der Waals surface area contributed by atoms with Gasteiger partial charge >= 0.3 is 0 Å². The predicted octanol–water partition coefficient (Wildman–Crippen LogP) is 1.10. The van der Waals surface area contributed by atoms with Crippen LogP contribution in [0.4, 0.5) is 0 Å². The Kier molecular flexibility index (Phi) is 5.32. The first-order chi connectivity index (χ1) is 7.27. The lowest BCUT2D eigenvalue weighted by molar-refractivity contribution is 0.102. The van der Waals surface area contributed by atoms with Gasteiger partial charge < -0.3 is 15.3 Å². The Morgan fingerprint density at radius 2 is 1.73 bits per heavy atom. The molecule has 0 amide bonds. The second-order valence-electron chi connectivity index (χ2n) is 3.72. The maximum absolute atomic E-state index is 9.86. The van der Waals surface area contributed by atoms with Crippen molar-refractivity contribution in [2.75, 3.05) is 13.2 Å². The number of hydrogen-bond donors (Lipinski definition) is 3. The van der Waals surface area contributed by atoms with Gasteiger partial charge in [-0.1, -0.05) is 30.3 Å². The Morgan fingerprint density at radius 1 is 1.07 bits per heavy atom. The molecule has 84 valence electrons. The lowest BCUT2D eigenvalue weighted by Gasteiger charge is -2.17. The van der Waals surface area contributed by atoms with E-state index in [1.165, 1.54) is 0 Å². The van der Waals surface area contributed by atoms with Crippen molar-refractivity contribution < 1.29 is 15.3 Å². The molecule has 0 bridgehead atoms. The number of hydrogen-bond acceptors (Lipinski definition) is 3. The maximum Gasteiger partial charge on any atom is 0.0793 e. The summed E-state index contributed by atoms with van der Waals surface area (Å²) < 4.78 is 0. The third-order valence-electron chi connectivity index (χ3n) is 2.54. The fourth-order valence-corrected chi connectivity index (χ4v) is 1.59. The van der Waals surface area contributed by atoms with Gasteiger partial charge in [0.15, 0.2) is 0 Å². The van der Waals surface area contributed by atoms with Crippen molar-refractivity contribution in [1.29, 1.82) is 0 Å². The van der Waals surface area contributed by atoms with Gasteiger partial charge in [0.1, 0.15) is 0 Å². The molecule has 3 nitrogen and oxygen atoms in total. The molecule has 15 heavy (non-hydrogen) atoms. The van der Waals surface area contributed by atoms with Crippen LogP contribution in [-0.4, -0.2) is 28.5 Å². The van der Waals surface area contributed by atoms with Crippen molar-refractivity contribution in [3.05, 3.63) is 35.9 Å². The Balaban J connectivity index is 2.50. The van der Waals surface area contributed by atoms with E-state index in [1.54, 1.807) is 0 Å². The maximum atomic E-state index is 9.86. The van der Waals surface area contributed by atoms with Gasteiger partial charge in [-0.05, 0) is 24.3 Å². The van der Waals surface area contributed by atoms with Crippen molar-refractivity contribution in [3.63, 3.8) is 0 Å². The average molecular weight is 210 g/mol. The van der Waals surface area contributed by atoms with Crippen LogP contribution in [0.25, 0.3) is 0 Å². The summed E-state index contributed by atoms with van der Waals surface area (Å²) in [4.78, 5) is 0. The minimum absolute atomic E-state index is 0.00442. The van der Waals surface area contributed by atoms with Gasteiger partial charge in [-0.3, -0.25) is 0 Å². The van der Waals surface area contributed by atoms with E-state index in [2.05, 4.69) is 0 Å². The van der Waals surface area contributed by atoms with Gasteiger partial charge in [0.2, 0.25) is 0 Å². The van der Waals surface area contributed by atoms with E-state index < -0.39 is 6.10 Å². The number of aliphatic hydroxyl groups excluding tert-OH is 3. The molecule has 0 aliphatic carbocycles. The smallest absolute Gasteiger partial charge is 0.0793 e. The molecule has 3 heteroatoms. The van der Waals surface area contributed by atoms with Gasteiger partial charge in [-0.25, -0.2) is 0 Å². The lowest BCUT2D eigenvalue weighted by Crippen LogP contribution is -2.13. The van der Waals surface area contributed by atoms with Crippen molar-refractivity contribution >= 4 is 0 Å². The van der Waals surface area contributed by atoms with Gasteiger partial charge in [0.05, 0.1) is 6.10 Å². The van der Waals surface area contributed by atoms with E-state index in [0.29, 0.717) is 12.8 Å². The van der Waals surface area contributed by atoms with Crippen LogP contribution in [0, 0.1) is 5.92 Å². The van der Waals surface area contributed by atoms with Crippen molar-refractivity contribution in [1.82, 2.24) is 0 Å². The van der Waals surface area contributed by atoms with Crippen molar-refractivity contribution in [2.45, 2.75) is 18.9 Å². The summed E-state index contributed by atoms with van der Waals surface area (Å²) in [7, 11) is 0. The van der Waals surface area contributed by atoms with Crippen LogP contribution in [0.1, 0.15) is 24.5 Å². The predicted molar refractivity (Wildman–Crippen MR) is 58.3 cm³/mol. The zero-order valence-electron chi connectivity index (χ0n) is 8.71. The summed E-state index contributed by atoms with van der Waals surface area (Å²) in [6.07, 6.45) is 0.455. The van der Waals surface area contributed by atoms with Gasteiger partial charge in [-0.15, -0.1) is 0 Å². The Morgan fingerprint density at radius 3 is 2.27 bits per heavy atom. The highest BCUT2D eigenvalue weighted by Crippen LogP contribution is 2.22. The molecule has 2 atom stereocenters.